The largest absolute Gasteiger partial charge is 0.485 e. The number of carbonyl (C=O) groups is 3. The van der Waals surface area contributed by atoms with Crippen LogP contribution in [0.15, 0.2) is 59.0 Å². The fourth-order valence-corrected chi connectivity index (χ4v) is 3.86. The molecule has 0 bridgehead atoms. The third-order valence-corrected chi connectivity index (χ3v) is 5.94. The van der Waals surface area contributed by atoms with Crippen molar-refractivity contribution in [2.24, 2.45) is 0 Å². The van der Waals surface area contributed by atoms with Crippen LogP contribution < -0.4 is 19.7 Å². The van der Waals surface area contributed by atoms with Gasteiger partial charge in [0.25, 0.3) is 11.8 Å². The number of ether oxygens (including phenoxy) is 2. The fourth-order valence-electron chi connectivity index (χ4n) is 3.86. The van der Waals surface area contributed by atoms with E-state index in [1.54, 1.807) is 30.3 Å². The van der Waals surface area contributed by atoms with Gasteiger partial charge in [-0.1, -0.05) is 19.1 Å². The Labute approximate surface area is 215 Å². The Morgan fingerprint density at radius 1 is 1.11 bits per heavy atom. The highest BCUT2D eigenvalue weighted by Gasteiger charge is 2.28. The third kappa shape index (κ3) is 6.56. The van der Waals surface area contributed by atoms with Gasteiger partial charge in [-0.15, -0.1) is 0 Å². The molecular weight excluding hydrogens is 474 g/mol. The first-order valence-corrected chi connectivity index (χ1v) is 12.2. The molecule has 1 aromatic heterocycles. The van der Waals surface area contributed by atoms with E-state index in [0.717, 1.165) is 12.0 Å². The van der Waals surface area contributed by atoms with Gasteiger partial charge in [0.1, 0.15) is 17.3 Å². The molecule has 37 heavy (non-hydrogen) atoms. The molecule has 0 saturated carbocycles. The van der Waals surface area contributed by atoms with Gasteiger partial charge in [-0.25, -0.2) is 0 Å². The Balaban J connectivity index is 1.45. The van der Waals surface area contributed by atoms with Crippen molar-refractivity contribution in [2.75, 3.05) is 45.3 Å². The lowest BCUT2D eigenvalue weighted by Gasteiger charge is -2.29. The Morgan fingerprint density at radius 2 is 1.95 bits per heavy atom. The average Bonchev–Trinajstić information content (AvgIpc) is 3.37. The molecule has 9 heteroatoms. The van der Waals surface area contributed by atoms with Gasteiger partial charge in [0.05, 0.1) is 12.2 Å². The van der Waals surface area contributed by atoms with Gasteiger partial charge in [-0.3, -0.25) is 19.3 Å². The number of anilines is 1. The molecule has 2 heterocycles. The number of nitrogens with one attached hydrogen (secondary N) is 1. The van der Waals surface area contributed by atoms with E-state index in [0.29, 0.717) is 41.6 Å². The van der Waals surface area contributed by atoms with Crippen molar-refractivity contribution in [3.8, 4) is 11.5 Å². The van der Waals surface area contributed by atoms with Crippen LogP contribution in [0.2, 0.25) is 0 Å². The Bertz CT molecular complexity index is 1280. The average molecular weight is 506 g/mol. The van der Waals surface area contributed by atoms with E-state index in [-0.39, 0.29) is 43.1 Å². The number of aryl methyl sites for hydroxylation is 1. The van der Waals surface area contributed by atoms with Crippen LogP contribution in [0.1, 0.15) is 39.2 Å². The van der Waals surface area contributed by atoms with E-state index in [2.05, 4.69) is 12.2 Å². The number of fused-ring (bicyclic) bond motifs is 1. The topological polar surface area (TPSA) is 101 Å². The number of nitrogens with zero attached hydrogens (tertiary/aromatic N) is 2. The molecule has 3 aromatic rings. The summed E-state index contributed by atoms with van der Waals surface area (Å²) in [5, 5.41) is 2.80. The maximum Gasteiger partial charge on any atom is 0.287 e. The second-order valence-electron chi connectivity index (χ2n) is 8.99. The van der Waals surface area contributed by atoms with E-state index in [1.165, 1.54) is 4.90 Å². The van der Waals surface area contributed by atoms with Crippen LogP contribution in [0.3, 0.4) is 0 Å². The van der Waals surface area contributed by atoms with Crippen molar-refractivity contribution in [3.63, 3.8) is 0 Å². The van der Waals surface area contributed by atoms with E-state index in [4.69, 9.17) is 13.9 Å². The van der Waals surface area contributed by atoms with Crippen LogP contribution in [-0.2, 0) is 17.8 Å². The van der Waals surface area contributed by atoms with Crippen molar-refractivity contribution in [2.45, 2.75) is 19.9 Å². The molecule has 0 aliphatic carbocycles. The number of amides is 2. The zero-order chi connectivity index (χ0) is 26.4. The number of Topliss-reactive ketones (excluding diaryl/α,β-unsaturated/α-hetero) is 1. The molecule has 0 atom stereocenters. The SMILES string of the molecule is CCc1cccc(OCC(=O)c2ccc3c(c2)N(Cc2ccc(C(=O)NCCN(C)C)o2)C(=O)CO3)c1. The molecule has 1 aliphatic rings. The highest BCUT2D eigenvalue weighted by molar-refractivity contribution is 6.02. The molecule has 194 valence electrons. The number of ketones is 1. The predicted molar refractivity (Wildman–Crippen MR) is 138 cm³/mol. The molecule has 2 amide bonds. The maximum atomic E-state index is 12.9. The molecule has 4 rings (SSSR count). The van der Waals surface area contributed by atoms with Crippen LogP contribution >= 0.6 is 0 Å². The van der Waals surface area contributed by atoms with Crippen LogP contribution in [0.25, 0.3) is 0 Å². The molecule has 0 saturated heterocycles. The summed E-state index contributed by atoms with van der Waals surface area (Å²) in [5.74, 6) is 0.901. The Hall–Kier alpha value is -4.11. The third-order valence-electron chi connectivity index (χ3n) is 5.94. The maximum absolute atomic E-state index is 12.9. The van der Waals surface area contributed by atoms with Crippen LogP contribution in [0.4, 0.5) is 5.69 Å². The smallest absolute Gasteiger partial charge is 0.287 e. The summed E-state index contributed by atoms with van der Waals surface area (Å²) in [7, 11) is 3.84. The van der Waals surface area contributed by atoms with Crippen LogP contribution in [-0.4, -0.2) is 62.9 Å². The summed E-state index contributed by atoms with van der Waals surface area (Å²) >= 11 is 0. The number of hydrogen-bond acceptors (Lipinski definition) is 7. The first kappa shape index (κ1) is 26.0. The number of carbonyl (C=O) groups excluding carboxylic acids is 3. The lowest BCUT2D eigenvalue weighted by molar-refractivity contribution is -0.121. The molecule has 2 aromatic carbocycles. The van der Waals surface area contributed by atoms with Crippen LogP contribution in [0.5, 0.6) is 11.5 Å². The predicted octanol–water partition coefficient (Wildman–Crippen LogP) is 3.32. The number of rotatable bonds is 11. The molecule has 0 fully saturated rings. The summed E-state index contributed by atoms with van der Waals surface area (Å²) in [6, 6.07) is 15.8. The van der Waals surface area contributed by atoms with E-state index >= 15 is 0 Å². The Morgan fingerprint density at radius 3 is 2.73 bits per heavy atom. The second kappa shape index (κ2) is 11.7. The molecule has 1 N–H and O–H groups in total. The molecule has 0 radical (unpaired) electrons. The van der Waals surface area contributed by atoms with Crippen molar-refractivity contribution in [3.05, 3.63) is 77.2 Å². The minimum Gasteiger partial charge on any atom is -0.485 e. The van der Waals surface area contributed by atoms with Crippen molar-refractivity contribution in [1.29, 1.82) is 0 Å². The number of likely N-dealkylation sites (N-methyl/N-ethyl adjacent to an activating group) is 1. The lowest BCUT2D eigenvalue weighted by atomic mass is 10.1. The summed E-state index contributed by atoms with van der Waals surface area (Å²) in [6.45, 7) is 3.08. The summed E-state index contributed by atoms with van der Waals surface area (Å²) in [4.78, 5) is 41.4. The highest BCUT2D eigenvalue weighted by atomic mass is 16.5. The normalized spacial score (nSPS) is 12.8. The standard InChI is InChI=1S/C28H31N3O6/c1-4-19-6-5-7-21(14-19)35-17-24(32)20-8-10-25-23(15-20)31(27(33)18-36-25)16-22-9-11-26(37-22)28(34)29-12-13-30(2)3/h5-11,14-15H,4,12-13,16-18H2,1-3H3,(H,29,34). The summed E-state index contributed by atoms with van der Waals surface area (Å²) in [6.07, 6.45) is 0.873. The van der Waals surface area contributed by atoms with E-state index in [1.807, 2.05) is 43.3 Å². The van der Waals surface area contributed by atoms with Gasteiger partial charge in [-0.05, 0) is 68.5 Å². The minimum absolute atomic E-state index is 0.0954. The molecule has 1 aliphatic heterocycles. The van der Waals surface area contributed by atoms with Gasteiger partial charge in [0.15, 0.2) is 24.8 Å². The first-order valence-electron chi connectivity index (χ1n) is 12.2. The van der Waals surface area contributed by atoms with Gasteiger partial charge < -0.3 is 24.1 Å². The quantitative estimate of drug-likeness (QED) is 0.399. The second-order valence-corrected chi connectivity index (χ2v) is 8.99. The van der Waals surface area contributed by atoms with Crippen molar-refractivity contribution in [1.82, 2.24) is 10.2 Å². The first-order chi connectivity index (χ1) is 17.8. The van der Waals surface area contributed by atoms with Crippen molar-refractivity contribution < 1.29 is 28.3 Å². The van der Waals surface area contributed by atoms with Crippen LogP contribution in [0, 0.1) is 0 Å². The lowest BCUT2D eigenvalue weighted by Crippen LogP contribution is -2.38. The zero-order valence-corrected chi connectivity index (χ0v) is 21.3. The monoisotopic (exact) mass is 505 g/mol. The highest BCUT2D eigenvalue weighted by Crippen LogP contribution is 2.34. The van der Waals surface area contributed by atoms with E-state index < -0.39 is 0 Å². The molecule has 9 nitrogen and oxygen atoms in total. The molecule has 0 spiro atoms. The minimum atomic E-state index is -0.320. The van der Waals surface area contributed by atoms with Gasteiger partial charge >= 0.3 is 0 Å². The number of furan rings is 1. The number of benzene rings is 2. The Kier molecular flexibility index (Phi) is 8.25. The van der Waals surface area contributed by atoms with E-state index in [9.17, 15) is 14.4 Å². The number of hydrogen-bond donors (Lipinski definition) is 1. The summed E-state index contributed by atoms with van der Waals surface area (Å²) in [5.41, 5.74) is 1.98. The van der Waals surface area contributed by atoms with Crippen molar-refractivity contribution >= 4 is 23.3 Å². The molecular formula is C28H31N3O6. The van der Waals surface area contributed by atoms with Gasteiger partial charge in [0.2, 0.25) is 0 Å². The zero-order valence-electron chi connectivity index (χ0n) is 21.3. The molecule has 0 unspecified atom stereocenters. The van der Waals surface area contributed by atoms with Gasteiger partial charge in [-0.2, -0.15) is 0 Å². The van der Waals surface area contributed by atoms with Gasteiger partial charge in [0, 0.05) is 18.7 Å². The fraction of sp³-hybridized carbons (Fsp3) is 0.321. The summed E-state index contributed by atoms with van der Waals surface area (Å²) < 4.78 is 17.0.